The summed E-state index contributed by atoms with van der Waals surface area (Å²) in [5, 5.41) is 3.35. The van der Waals surface area contributed by atoms with Gasteiger partial charge in [0.05, 0.1) is 31.3 Å². The van der Waals surface area contributed by atoms with E-state index in [2.05, 4.69) is 43.6 Å². The van der Waals surface area contributed by atoms with E-state index >= 15 is 0 Å². The van der Waals surface area contributed by atoms with E-state index in [0.717, 1.165) is 49.4 Å². The number of hydrogen-bond donors (Lipinski definition) is 2. The molecule has 1 spiro atoms. The Kier molecular flexibility index (Phi) is 13.6. The van der Waals surface area contributed by atoms with Gasteiger partial charge in [-0.05, 0) is 111 Å². The average molecular weight is 882 g/mol. The van der Waals surface area contributed by atoms with Crippen molar-refractivity contribution < 1.29 is 37.6 Å². The summed E-state index contributed by atoms with van der Waals surface area (Å²) in [7, 11) is -0.670. The van der Waals surface area contributed by atoms with E-state index in [1.165, 1.54) is 23.1 Å². The number of halogens is 1. The number of fused-ring (bicyclic) bond motifs is 4. The van der Waals surface area contributed by atoms with Crippen LogP contribution in [0.2, 0.25) is 5.02 Å². The topological polar surface area (TPSA) is 159 Å². The van der Waals surface area contributed by atoms with Crippen LogP contribution in [-0.2, 0) is 36.0 Å². The molecule has 1 saturated heterocycles. The van der Waals surface area contributed by atoms with E-state index in [0.29, 0.717) is 37.2 Å². The SMILES string of the molecule is COC(=O)N[C@H](C(=O)N1CCN(C(=O)NS2(=O)=NC(=O)c3ccc4c(c3)N(C[C@@H]3CC[C@H]3[C@@H](OC)/C=C\C[C@H](C)C2)C[C@@]2(CCCc3cc(Cl)ccc32)CO4)C[C@@H]1C)C(C)C. The number of methoxy groups -OCH3 is 2. The quantitative estimate of drug-likeness (QED) is 0.316. The summed E-state index contributed by atoms with van der Waals surface area (Å²) in [4.78, 5) is 59.3. The van der Waals surface area contributed by atoms with Crippen molar-refractivity contribution in [1.82, 2.24) is 19.8 Å². The first-order valence-electron chi connectivity index (χ1n) is 21.6. The van der Waals surface area contributed by atoms with Crippen LogP contribution in [-0.4, -0.2) is 115 Å². The second-order valence-corrected chi connectivity index (χ2v) is 20.5. The molecule has 2 bridgehead atoms. The van der Waals surface area contributed by atoms with Crippen molar-refractivity contribution in [2.45, 2.75) is 89.8 Å². The third-order valence-electron chi connectivity index (χ3n) is 13.4. The van der Waals surface area contributed by atoms with Crippen molar-refractivity contribution in [3.63, 3.8) is 0 Å². The number of carbonyl (C=O) groups excluding carboxylic acids is 4. The molecule has 332 valence electrons. The molecule has 1 saturated carbocycles. The van der Waals surface area contributed by atoms with Crippen LogP contribution in [0.4, 0.5) is 15.3 Å². The normalized spacial score (nSPS) is 30.1. The summed E-state index contributed by atoms with van der Waals surface area (Å²) in [5.74, 6) is -0.138. The van der Waals surface area contributed by atoms with Gasteiger partial charge in [0.15, 0.2) is 0 Å². The fraction of sp³-hybridized carbons (Fsp3) is 0.600. The molecule has 2 aromatic rings. The molecule has 5 amide bonds. The first-order valence-corrected chi connectivity index (χ1v) is 23.7. The van der Waals surface area contributed by atoms with E-state index in [4.69, 9.17) is 25.8 Å². The Morgan fingerprint density at radius 3 is 2.57 bits per heavy atom. The van der Waals surface area contributed by atoms with Gasteiger partial charge in [0.2, 0.25) is 5.91 Å². The maximum atomic E-state index is 14.9. The lowest BCUT2D eigenvalue weighted by molar-refractivity contribution is -0.138. The summed E-state index contributed by atoms with van der Waals surface area (Å²) < 4.78 is 39.4. The summed E-state index contributed by atoms with van der Waals surface area (Å²) in [6.45, 7) is 9.78. The average Bonchev–Trinajstić information content (AvgIpc) is 3.36. The van der Waals surface area contributed by atoms with E-state index in [1.807, 2.05) is 45.9 Å². The summed E-state index contributed by atoms with van der Waals surface area (Å²) in [6.07, 6.45) is 8.89. The van der Waals surface area contributed by atoms with Gasteiger partial charge < -0.3 is 34.2 Å². The highest BCUT2D eigenvalue weighted by atomic mass is 35.5. The third kappa shape index (κ3) is 9.68. The van der Waals surface area contributed by atoms with Crippen LogP contribution in [0.5, 0.6) is 5.75 Å². The van der Waals surface area contributed by atoms with Gasteiger partial charge in [-0.15, -0.1) is 4.36 Å². The molecule has 5 aliphatic rings. The number of amides is 5. The number of piperazine rings is 1. The summed E-state index contributed by atoms with van der Waals surface area (Å²) in [5.41, 5.74) is 3.23. The number of alkyl carbamates (subject to hydrolysis) is 1. The second kappa shape index (κ2) is 18.6. The lowest BCUT2D eigenvalue weighted by Crippen LogP contribution is -2.61. The van der Waals surface area contributed by atoms with Crippen molar-refractivity contribution in [2.75, 3.05) is 64.2 Å². The second-order valence-electron chi connectivity index (χ2n) is 18.1. The number of carbonyl (C=O) groups is 4. The van der Waals surface area contributed by atoms with Gasteiger partial charge in [0, 0.05) is 61.9 Å². The number of anilines is 1. The van der Waals surface area contributed by atoms with Gasteiger partial charge in [-0.1, -0.05) is 50.6 Å². The predicted octanol–water partition coefficient (Wildman–Crippen LogP) is 6.60. The maximum Gasteiger partial charge on any atom is 0.407 e. The molecule has 8 atom stereocenters. The summed E-state index contributed by atoms with van der Waals surface area (Å²) >= 11 is 6.48. The van der Waals surface area contributed by atoms with Gasteiger partial charge in [0.25, 0.3) is 5.91 Å². The Bertz CT molecular complexity index is 2160. The fourth-order valence-electron chi connectivity index (χ4n) is 9.92. The van der Waals surface area contributed by atoms with E-state index < -0.39 is 40.0 Å². The zero-order chi connectivity index (χ0) is 43.6. The molecule has 3 aliphatic heterocycles. The smallest absolute Gasteiger partial charge is 0.407 e. The van der Waals surface area contributed by atoms with E-state index in [1.54, 1.807) is 18.1 Å². The Labute approximate surface area is 365 Å². The van der Waals surface area contributed by atoms with E-state index in [-0.39, 0.29) is 60.2 Å². The minimum Gasteiger partial charge on any atom is -0.490 e. The molecule has 2 fully saturated rings. The fourth-order valence-corrected chi connectivity index (χ4v) is 12.0. The molecule has 2 aromatic carbocycles. The predicted molar refractivity (Wildman–Crippen MR) is 235 cm³/mol. The molecule has 61 heavy (non-hydrogen) atoms. The molecule has 0 aromatic heterocycles. The molecule has 14 nitrogen and oxygen atoms in total. The number of urea groups is 1. The van der Waals surface area contributed by atoms with E-state index in [9.17, 15) is 23.4 Å². The molecule has 2 aliphatic carbocycles. The molecule has 2 N–H and O–H groups in total. The summed E-state index contributed by atoms with van der Waals surface area (Å²) in [6, 6.07) is 9.61. The number of rotatable bonds is 5. The van der Waals surface area contributed by atoms with Crippen molar-refractivity contribution in [3.8, 4) is 5.75 Å². The molecular formula is C45H61ClN6O8S. The molecule has 16 heteroatoms. The number of hydrogen-bond acceptors (Lipinski definition) is 9. The Hall–Kier alpha value is -4.34. The highest BCUT2D eigenvalue weighted by molar-refractivity contribution is 7.92. The van der Waals surface area contributed by atoms with Crippen LogP contribution in [0, 0.1) is 23.7 Å². The zero-order valence-corrected chi connectivity index (χ0v) is 37.8. The number of aryl methyl sites for hydroxylation is 1. The Balaban J connectivity index is 1.18. The lowest BCUT2D eigenvalue weighted by Gasteiger charge is -2.46. The van der Waals surface area contributed by atoms with Crippen molar-refractivity contribution in [3.05, 3.63) is 70.3 Å². The maximum absolute atomic E-state index is 14.9. The van der Waals surface area contributed by atoms with Crippen LogP contribution in [0.3, 0.4) is 0 Å². The molecule has 0 radical (unpaired) electrons. The van der Waals surface area contributed by atoms with Crippen molar-refractivity contribution in [2.24, 2.45) is 28.0 Å². The van der Waals surface area contributed by atoms with Crippen molar-refractivity contribution in [1.29, 1.82) is 0 Å². The number of benzene rings is 2. The number of nitrogens with one attached hydrogen (secondary N) is 2. The zero-order valence-electron chi connectivity index (χ0n) is 36.2. The molecular weight excluding hydrogens is 820 g/mol. The Morgan fingerprint density at radius 1 is 1.07 bits per heavy atom. The van der Waals surface area contributed by atoms with Gasteiger partial charge in [-0.3, -0.25) is 14.3 Å². The van der Waals surface area contributed by atoms with Crippen LogP contribution < -0.4 is 19.7 Å². The highest BCUT2D eigenvalue weighted by Crippen LogP contribution is 2.47. The highest BCUT2D eigenvalue weighted by Gasteiger charge is 2.45. The molecule has 3 heterocycles. The van der Waals surface area contributed by atoms with Crippen LogP contribution in [0.15, 0.2) is 52.9 Å². The van der Waals surface area contributed by atoms with Crippen LogP contribution >= 0.6 is 11.6 Å². The third-order valence-corrected chi connectivity index (χ3v) is 15.6. The first-order chi connectivity index (χ1) is 29.1. The number of allylic oxidation sites excluding steroid dienone is 1. The largest absolute Gasteiger partial charge is 0.490 e. The van der Waals surface area contributed by atoms with Gasteiger partial charge in [0.1, 0.15) is 21.7 Å². The van der Waals surface area contributed by atoms with Gasteiger partial charge in [-0.2, -0.15) is 0 Å². The van der Waals surface area contributed by atoms with Crippen LogP contribution in [0.1, 0.15) is 81.3 Å². The molecule has 1 unspecified atom stereocenters. The lowest BCUT2D eigenvalue weighted by atomic mass is 9.68. The van der Waals surface area contributed by atoms with Gasteiger partial charge >= 0.3 is 12.1 Å². The Morgan fingerprint density at radius 2 is 1.87 bits per heavy atom. The minimum absolute atomic E-state index is 0.0616. The number of ether oxygens (including phenoxy) is 3. The number of nitrogens with zero attached hydrogens (tertiary/aromatic N) is 4. The standard InChI is InChI=1S/C45H61ClN6O8S/c1-28(2)40(47-44(56)59-6)42(54)52-20-19-50(23-30(52)4)43(55)49-61(57)25-29(3)9-7-11-38(58-5)35-15-12-33(35)24-51-26-45(18-8-10-31-21-34(46)14-16-36(31)45)27-60-39-17-13-32(22-37(39)51)41(53)48-61/h7,11,13-14,16-17,21-22,28-30,33,35,38,40H,8-10,12,15,18-20,23-27H2,1-6H3,(H,47,56)(H,48,49,53,55,57)/b11-7-/t29-,30-,33-,35+,38-,40-,45-,61?/m0/s1. The molecule has 7 rings (SSSR count). The van der Waals surface area contributed by atoms with Gasteiger partial charge in [-0.25, -0.2) is 13.8 Å². The first kappa shape index (κ1) is 44.7. The monoisotopic (exact) mass is 880 g/mol. The van der Waals surface area contributed by atoms with Crippen molar-refractivity contribution >= 4 is 51.1 Å². The minimum atomic E-state index is -3.66. The van der Waals surface area contributed by atoms with Crippen LogP contribution in [0.25, 0.3) is 0 Å².